The maximum absolute atomic E-state index is 12.2. The summed E-state index contributed by atoms with van der Waals surface area (Å²) in [5, 5.41) is 10.3. The molecule has 2 aromatic rings. The normalized spacial score (nSPS) is 30.1. The van der Waals surface area contributed by atoms with Crippen LogP contribution < -0.4 is 4.74 Å². The van der Waals surface area contributed by atoms with E-state index in [1.807, 2.05) is 54.6 Å². The van der Waals surface area contributed by atoms with Crippen LogP contribution in [0.1, 0.15) is 36.8 Å². The fourth-order valence-electron chi connectivity index (χ4n) is 4.08. The summed E-state index contributed by atoms with van der Waals surface area (Å²) in [5.41, 5.74) is 0.834. The molecule has 2 unspecified atom stereocenters. The second-order valence-electron chi connectivity index (χ2n) is 7.15. The van der Waals surface area contributed by atoms with Gasteiger partial charge in [-0.25, -0.2) is 8.42 Å². The van der Waals surface area contributed by atoms with Gasteiger partial charge in [-0.15, -0.1) is 0 Å². The van der Waals surface area contributed by atoms with Gasteiger partial charge in [0.2, 0.25) is 0 Å². The largest absolute Gasteiger partial charge is 0.489 e. The highest BCUT2D eigenvalue weighted by Crippen LogP contribution is 2.47. The molecular formula is C20H22O4S. The SMILES string of the molecule is O=S1(=O)C2CCC1CC(O)(c1ccc(OCc3ccccc3)cc1)C2. The Morgan fingerprint density at radius 1 is 0.960 bits per heavy atom. The number of hydrogen-bond acceptors (Lipinski definition) is 4. The van der Waals surface area contributed by atoms with Gasteiger partial charge in [0.25, 0.3) is 0 Å². The highest BCUT2D eigenvalue weighted by Gasteiger charge is 2.53. The lowest BCUT2D eigenvalue weighted by molar-refractivity contribution is 0.0173. The smallest absolute Gasteiger partial charge is 0.156 e. The highest BCUT2D eigenvalue weighted by atomic mass is 32.2. The zero-order valence-electron chi connectivity index (χ0n) is 14.0. The lowest BCUT2D eigenvalue weighted by Gasteiger charge is -2.36. The number of rotatable bonds is 4. The zero-order valence-corrected chi connectivity index (χ0v) is 14.8. The molecule has 2 bridgehead atoms. The lowest BCUT2D eigenvalue weighted by atomic mass is 9.86. The Balaban J connectivity index is 1.47. The molecule has 0 amide bonds. The highest BCUT2D eigenvalue weighted by molar-refractivity contribution is 7.93. The van der Waals surface area contributed by atoms with Crippen LogP contribution in [0.15, 0.2) is 54.6 Å². The Morgan fingerprint density at radius 3 is 2.16 bits per heavy atom. The lowest BCUT2D eigenvalue weighted by Crippen LogP contribution is -2.43. The second-order valence-corrected chi connectivity index (χ2v) is 9.66. The molecule has 0 aromatic heterocycles. The Labute approximate surface area is 148 Å². The molecule has 2 saturated heterocycles. The van der Waals surface area contributed by atoms with E-state index < -0.39 is 25.9 Å². The molecule has 5 heteroatoms. The minimum absolute atomic E-state index is 0.302. The first-order chi connectivity index (χ1) is 12.0. The molecular weight excluding hydrogens is 336 g/mol. The van der Waals surface area contributed by atoms with Crippen LogP contribution in [-0.2, 0) is 22.0 Å². The van der Waals surface area contributed by atoms with E-state index in [2.05, 4.69) is 0 Å². The molecule has 4 nitrogen and oxygen atoms in total. The van der Waals surface area contributed by atoms with Crippen LogP contribution in [0.3, 0.4) is 0 Å². The van der Waals surface area contributed by atoms with Crippen LogP contribution in [-0.4, -0.2) is 24.0 Å². The van der Waals surface area contributed by atoms with E-state index in [1.54, 1.807) is 0 Å². The van der Waals surface area contributed by atoms with Gasteiger partial charge in [0, 0.05) is 0 Å². The predicted molar refractivity (Wildman–Crippen MR) is 96.1 cm³/mol. The third kappa shape index (κ3) is 3.07. The summed E-state index contributed by atoms with van der Waals surface area (Å²) >= 11 is 0. The quantitative estimate of drug-likeness (QED) is 0.912. The van der Waals surface area contributed by atoms with Crippen molar-refractivity contribution in [3.05, 3.63) is 65.7 Å². The van der Waals surface area contributed by atoms with E-state index in [-0.39, 0.29) is 0 Å². The topological polar surface area (TPSA) is 63.6 Å². The molecule has 2 aromatic carbocycles. The van der Waals surface area contributed by atoms with Crippen LogP contribution in [0.2, 0.25) is 0 Å². The molecule has 2 heterocycles. The van der Waals surface area contributed by atoms with Crippen LogP contribution in [0, 0.1) is 0 Å². The third-order valence-electron chi connectivity index (χ3n) is 5.51. The van der Waals surface area contributed by atoms with E-state index >= 15 is 0 Å². The summed E-state index contributed by atoms with van der Waals surface area (Å²) in [4.78, 5) is 0. The molecule has 0 radical (unpaired) electrons. The fourth-order valence-corrected chi connectivity index (χ4v) is 6.57. The molecule has 1 N–H and O–H groups in total. The van der Waals surface area contributed by atoms with Gasteiger partial charge in [0.15, 0.2) is 9.84 Å². The molecule has 2 aliphatic heterocycles. The Hall–Kier alpha value is -1.85. The van der Waals surface area contributed by atoms with Crippen LogP contribution in [0.5, 0.6) is 5.75 Å². The van der Waals surface area contributed by atoms with E-state index in [1.165, 1.54) is 0 Å². The summed E-state index contributed by atoms with van der Waals surface area (Å²) in [6, 6.07) is 17.4. The first-order valence-electron chi connectivity index (χ1n) is 8.70. The van der Waals surface area contributed by atoms with E-state index in [0.717, 1.165) is 16.9 Å². The van der Waals surface area contributed by atoms with Crippen molar-refractivity contribution in [2.75, 3.05) is 0 Å². The Morgan fingerprint density at radius 2 is 1.56 bits per heavy atom. The summed E-state index contributed by atoms with van der Waals surface area (Å²) in [6.45, 7) is 0.493. The van der Waals surface area contributed by atoms with Gasteiger partial charge < -0.3 is 9.84 Å². The van der Waals surface area contributed by atoms with E-state index in [9.17, 15) is 13.5 Å². The summed E-state index contributed by atoms with van der Waals surface area (Å²) in [6.07, 6.45) is 1.95. The summed E-state index contributed by atoms with van der Waals surface area (Å²) in [7, 11) is -3.04. The molecule has 0 spiro atoms. The van der Waals surface area contributed by atoms with Gasteiger partial charge in [0.05, 0.1) is 16.1 Å². The van der Waals surface area contributed by atoms with Crippen LogP contribution in [0.4, 0.5) is 0 Å². The molecule has 2 fully saturated rings. The fraction of sp³-hybridized carbons (Fsp3) is 0.400. The number of hydrogen-bond donors (Lipinski definition) is 1. The van der Waals surface area contributed by atoms with Gasteiger partial charge >= 0.3 is 0 Å². The van der Waals surface area contributed by atoms with Crippen molar-refractivity contribution in [2.45, 2.75) is 48.4 Å². The average molecular weight is 358 g/mol. The van der Waals surface area contributed by atoms with Gasteiger partial charge in [-0.3, -0.25) is 0 Å². The number of benzene rings is 2. The first kappa shape index (κ1) is 16.6. The van der Waals surface area contributed by atoms with Crippen molar-refractivity contribution in [3.8, 4) is 5.75 Å². The molecule has 4 rings (SSSR count). The van der Waals surface area contributed by atoms with Crippen LogP contribution in [0.25, 0.3) is 0 Å². The van der Waals surface area contributed by atoms with Gasteiger partial charge in [-0.05, 0) is 48.9 Å². The van der Waals surface area contributed by atoms with E-state index in [0.29, 0.717) is 32.3 Å². The van der Waals surface area contributed by atoms with Crippen molar-refractivity contribution >= 4 is 9.84 Å². The Bertz CT molecular complexity index is 823. The van der Waals surface area contributed by atoms with Crippen molar-refractivity contribution < 1.29 is 18.3 Å². The van der Waals surface area contributed by atoms with E-state index in [4.69, 9.17) is 4.74 Å². The number of ether oxygens (including phenoxy) is 1. The van der Waals surface area contributed by atoms with Crippen molar-refractivity contribution in [1.82, 2.24) is 0 Å². The molecule has 2 atom stereocenters. The zero-order chi connectivity index (χ0) is 17.5. The monoisotopic (exact) mass is 358 g/mol. The average Bonchev–Trinajstić information content (AvgIpc) is 2.78. The molecule has 0 saturated carbocycles. The minimum atomic E-state index is -3.04. The van der Waals surface area contributed by atoms with Crippen LogP contribution >= 0.6 is 0 Å². The van der Waals surface area contributed by atoms with Crippen molar-refractivity contribution in [2.24, 2.45) is 0 Å². The second kappa shape index (κ2) is 6.15. The summed E-state index contributed by atoms with van der Waals surface area (Å²) < 4.78 is 30.3. The number of fused-ring (bicyclic) bond motifs is 2. The number of aliphatic hydroxyl groups is 1. The number of sulfone groups is 1. The third-order valence-corrected chi connectivity index (χ3v) is 8.17. The van der Waals surface area contributed by atoms with Gasteiger partial charge in [-0.2, -0.15) is 0 Å². The molecule has 0 aliphatic carbocycles. The Kier molecular flexibility index (Phi) is 4.08. The summed E-state index contributed by atoms with van der Waals surface area (Å²) in [5.74, 6) is 0.739. The minimum Gasteiger partial charge on any atom is -0.489 e. The van der Waals surface area contributed by atoms with Gasteiger partial charge in [-0.1, -0.05) is 42.5 Å². The van der Waals surface area contributed by atoms with Crippen molar-refractivity contribution in [3.63, 3.8) is 0 Å². The first-order valence-corrected chi connectivity index (χ1v) is 10.3. The molecule has 2 aliphatic rings. The predicted octanol–water partition coefficient (Wildman–Crippen LogP) is 3.19. The molecule has 132 valence electrons. The maximum Gasteiger partial charge on any atom is 0.156 e. The standard InChI is InChI=1S/C20H22O4S/c21-20(12-18-10-11-19(13-20)25(18,22)23)16-6-8-17(9-7-16)24-14-15-4-2-1-3-5-15/h1-9,18-19,21H,10-14H2. The molecule has 25 heavy (non-hydrogen) atoms. The van der Waals surface area contributed by atoms with Gasteiger partial charge in [0.1, 0.15) is 12.4 Å². The van der Waals surface area contributed by atoms with Crippen molar-refractivity contribution in [1.29, 1.82) is 0 Å². The maximum atomic E-state index is 12.2.